The molecule has 1 aromatic heterocycles. The molecule has 0 saturated carbocycles. The number of rotatable bonds is 4. The SMILES string of the molecule is O=C(NCC(Cl)c1ccccc1)c1cc[nH]c(=O)c1. The van der Waals surface area contributed by atoms with Crippen LogP contribution in [0.25, 0.3) is 0 Å². The molecule has 0 aliphatic heterocycles. The molecule has 5 heteroatoms. The number of aromatic nitrogens is 1. The van der Waals surface area contributed by atoms with Crippen molar-refractivity contribution in [2.24, 2.45) is 0 Å². The predicted molar refractivity (Wildman–Crippen MR) is 74.4 cm³/mol. The molecule has 0 fully saturated rings. The maximum absolute atomic E-state index is 11.8. The Hall–Kier alpha value is -2.07. The minimum Gasteiger partial charge on any atom is -0.350 e. The number of halogens is 1. The third kappa shape index (κ3) is 3.69. The van der Waals surface area contributed by atoms with E-state index in [4.69, 9.17) is 11.6 Å². The lowest BCUT2D eigenvalue weighted by Gasteiger charge is -2.11. The minimum atomic E-state index is -0.312. The molecule has 0 aliphatic carbocycles. The highest BCUT2D eigenvalue weighted by Crippen LogP contribution is 2.18. The zero-order valence-electron chi connectivity index (χ0n) is 10.1. The van der Waals surface area contributed by atoms with Crippen molar-refractivity contribution in [3.8, 4) is 0 Å². The molecular weight excluding hydrogens is 264 g/mol. The largest absolute Gasteiger partial charge is 0.350 e. The van der Waals surface area contributed by atoms with Crippen molar-refractivity contribution in [1.82, 2.24) is 10.3 Å². The van der Waals surface area contributed by atoms with Gasteiger partial charge in [0, 0.05) is 24.4 Å². The van der Waals surface area contributed by atoms with Crippen LogP contribution in [0.2, 0.25) is 0 Å². The summed E-state index contributed by atoms with van der Waals surface area (Å²) in [5, 5.41) is 2.40. The Kier molecular flexibility index (Phi) is 4.36. The van der Waals surface area contributed by atoms with Crippen LogP contribution in [0.15, 0.2) is 53.5 Å². The van der Waals surface area contributed by atoms with E-state index in [9.17, 15) is 9.59 Å². The minimum absolute atomic E-state index is 0.299. The number of H-pyrrole nitrogens is 1. The standard InChI is InChI=1S/C14H13ClN2O2/c15-12(10-4-2-1-3-5-10)9-17-14(19)11-6-7-16-13(18)8-11/h1-8,12H,9H2,(H,16,18)(H,17,19). The summed E-state index contributed by atoms with van der Waals surface area (Å²) < 4.78 is 0. The van der Waals surface area contributed by atoms with E-state index in [0.29, 0.717) is 12.1 Å². The Balaban J connectivity index is 1.96. The van der Waals surface area contributed by atoms with E-state index in [1.165, 1.54) is 12.3 Å². The van der Waals surface area contributed by atoms with Crippen LogP contribution in [0.4, 0.5) is 0 Å². The molecule has 0 saturated heterocycles. The van der Waals surface area contributed by atoms with Crippen LogP contribution in [0.3, 0.4) is 0 Å². The Morgan fingerprint density at radius 1 is 1.26 bits per heavy atom. The Bertz CT molecular complexity index is 610. The second-order valence-corrected chi connectivity index (χ2v) is 4.56. The van der Waals surface area contributed by atoms with Gasteiger partial charge in [-0.1, -0.05) is 30.3 Å². The fraction of sp³-hybridized carbons (Fsp3) is 0.143. The zero-order chi connectivity index (χ0) is 13.7. The first-order valence-corrected chi connectivity index (χ1v) is 6.26. The predicted octanol–water partition coefficient (Wildman–Crippen LogP) is 2.08. The average Bonchev–Trinajstić information content (AvgIpc) is 2.45. The van der Waals surface area contributed by atoms with Gasteiger partial charge in [-0.3, -0.25) is 9.59 Å². The first kappa shape index (κ1) is 13.4. The molecule has 2 aromatic rings. The van der Waals surface area contributed by atoms with Crippen LogP contribution >= 0.6 is 11.6 Å². The highest BCUT2D eigenvalue weighted by molar-refractivity contribution is 6.21. The van der Waals surface area contributed by atoms with Crippen molar-refractivity contribution in [3.63, 3.8) is 0 Å². The van der Waals surface area contributed by atoms with Crippen molar-refractivity contribution in [1.29, 1.82) is 0 Å². The summed E-state index contributed by atoms with van der Waals surface area (Å²) >= 11 is 6.19. The lowest BCUT2D eigenvalue weighted by atomic mass is 10.1. The molecule has 0 aliphatic rings. The number of hydrogen-bond donors (Lipinski definition) is 2. The zero-order valence-corrected chi connectivity index (χ0v) is 10.9. The summed E-state index contributed by atoms with van der Waals surface area (Å²) in [6.45, 7) is 0.303. The highest BCUT2D eigenvalue weighted by atomic mass is 35.5. The molecule has 0 spiro atoms. The molecule has 1 heterocycles. The first-order valence-electron chi connectivity index (χ1n) is 5.83. The van der Waals surface area contributed by atoms with Gasteiger partial charge in [0.25, 0.3) is 5.91 Å². The Morgan fingerprint density at radius 2 is 2.00 bits per heavy atom. The van der Waals surface area contributed by atoms with Crippen LogP contribution in [0.1, 0.15) is 21.3 Å². The van der Waals surface area contributed by atoms with Gasteiger partial charge in [-0.2, -0.15) is 0 Å². The molecule has 19 heavy (non-hydrogen) atoms. The number of pyridine rings is 1. The van der Waals surface area contributed by atoms with Crippen LogP contribution < -0.4 is 10.9 Å². The van der Waals surface area contributed by atoms with Gasteiger partial charge >= 0.3 is 0 Å². The second-order valence-electron chi connectivity index (χ2n) is 4.03. The number of nitrogens with one attached hydrogen (secondary N) is 2. The van der Waals surface area contributed by atoms with Crippen molar-refractivity contribution in [3.05, 3.63) is 70.1 Å². The van der Waals surface area contributed by atoms with Crippen molar-refractivity contribution >= 4 is 17.5 Å². The fourth-order valence-electron chi connectivity index (χ4n) is 1.65. The number of alkyl halides is 1. The molecular formula is C14H13ClN2O2. The topological polar surface area (TPSA) is 62.0 Å². The van der Waals surface area contributed by atoms with Gasteiger partial charge in [-0.15, -0.1) is 11.6 Å². The molecule has 1 unspecified atom stereocenters. The van der Waals surface area contributed by atoms with Gasteiger partial charge in [0.15, 0.2) is 0 Å². The maximum Gasteiger partial charge on any atom is 0.251 e. The third-order valence-corrected chi connectivity index (χ3v) is 3.05. The van der Waals surface area contributed by atoms with Gasteiger partial charge < -0.3 is 10.3 Å². The second kappa shape index (κ2) is 6.20. The van der Waals surface area contributed by atoms with Crippen molar-refractivity contribution < 1.29 is 4.79 Å². The number of aromatic amines is 1. The molecule has 98 valence electrons. The van der Waals surface area contributed by atoms with E-state index < -0.39 is 0 Å². The van der Waals surface area contributed by atoms with E-state index in [2.05, 4.69) is 10.3 Å². The molecule has 0 bridgehead atoms. The first-order chi connectivity index (χ1) is 9.16. The van der Waals surface area contributed by atoms with Gasteiger partial charge in [-0.05, 0) is 11.6 Å². The summed E-state index contributed by atoms with van der Waals surface area (Å²) in [5.74, 6) is -0.312. The van der Waals surface area contributed by atoms with Crippen molar-refractivity contribution in [2.45, 2.75) is 5.38 Å². The van der Waals surface area contributed by atoms with E-state index in [1.807, 2.05) is 30.3 Å². The lowest BCUT2D eigenvalue weighted by molar-refractivity contribution is 0.0953. The normalized spacial score (nSPS) is 11.8. The molecule has 1 atom stereocenters. The van der Waals surface area contributed by atoms with E-state index in [-0.39, 0.29) is 16.8 Å². The monoisotopic (exact) mass is 276 g/mol. The summed E-state index contributed by atoms with van der Waals surface area (Å²) in [4.78, 5) is 25.4. The van der Waals surface area contributed by atoms with Crippen molar-refractivity contribution in [2.75, 3.05) is 6.54 Å². The van der Waals surface area contributed by atoms with Crippen LogP contribution in [0.5, 0.6) is 0 Å². The maximum atomic E-state index is 11.8. The molecule has 1 aromatic carbocycles. The summed E-state index contributed by atoms with van der Waals surface area (Å²) in [6.07, 6.45) is 1.44. The quantitative estimate of drug-likeness (QED) is 0.840. The molecule has 2 rings (SSSR count). The average molecular weight is 277 g/mol. The summed E-state index contributed by atoms with van der Waals surface area (Å²) in [5.41, 5.74) is 0.953. The highest BCUT2D eigenvalue weighted by Gasteiger charge is 2.10. The number of carbonyl (C=O) groups is 1. The number of hydrogen-bond acceptors (Lipinski definition) is 2. The van der Waals surface area contributed by atoms with Crippen LogP contribution in [0, 0.1) is 0 Å². The Morgan fingerprint density at radius 3 is 2.68 bits per heavy atom. The summed E-state index contributed by atoms with van der Waals surface area (Å²) in [6, 6.07) is 12.3. The van der Waals surface area contributed by atoms with Crippen LogP contribution in [-0.4, -0.2) is 17.4 Å². The Labute approximate surface area is 115 Å². The number of benzene rings is 1. The third-order valence-electron chi connectivity index (χ3n) is 2.64. The van der Waals surface area contributed by atoms with E-state index in [0.717, 1.165) is 5.56 Å². The number of amides is 1. The summed E-state index contributed by atoms with van der Waals surface area (Å²) in [7, 11) is 0. The fourth-order valence-corrected chi connectivity index (χ4v) is 1.87. The van der Waals surface area contributed by atoms with Gasteiger partial charge in [0.05, 0.1) is 5.38 Å². The molecule has 2 N–H and O–H groups in total. The van der Waals surface area contributed by atoms with E-state index in [1.54, 1.807) is 6.07 Å². The van der Waals surface area contributed by atoms with Gasteiger partial charge in [0.1, 0.15) is 0 Å². The van der Waals surface area contributed by atoms with Gasteiger partial charge in [-0.25, -0.2) is 0 Å². The van der Waals surface area contributed by atoms with E-state index >= 15 is 0 Å². The lowest BCUT2D eigenvalue weighted by Crippen LogP contribution is -2.27. The molecule has 1 amide bonds. The van der Waals surface area contributed by atoms with Crippen LogP contribution in [-0.2, 0) is 0 Å². The number of carbonyl (C=O) groups excluding carboxylic acids is 1. The molecule has 4 nitrogen and oxygen atoms in total. The molecule has 0 radical (unpaired) electrons. The van der Waals surface area contributed by atoms with Gasteiger partial charge in [0.2, 0.25) is 5.56 Å². The smallest absolute Gasteiger partial charge is 0.251 e.